The Bertz CT molecular complexity index is 578. The quantitative estimate of drug-likeness (QED) is 0.857. The summed E-state index contributed by atoms with van der Waals surface area (Å²) in [7, 11) is 0. The van der Waals surface area contributed by atoms with Gasteiger partial charge in [-0.1, -0.05) is 44.9 Å². The molecule has 1 aromatic rings. The smallest absolute Gasteiger partial charge is 0.227 e. The van der Waals surface area contributed by atoms with Gasteiger partial charge >= 0.3 is 0 Å². The standard InChI is InChI=1S/C22H37N5/c23-19-12-6-7-13-20(19)27(18-10-4-3-5-11-18)22-24-15-14-21(25-22)26-16-8-1-2-9-17-26/h14-15,18-20H,1-13,16-17,23H2. The van der Waals surface area contributed by atoms with Crippen LogP contribution in [0.1, 0.15) is 83.5 Å². The lowest BCUT2D eigenvalue weighted by Crippen LogP contribution is -2.55. The highest BCUT2D eigenvalue weighted by molar-refractivity contribution is 5.45. The number of aromatic nitrogens is 2. The molecule has 1 saturated heterocycles. The summed E-state index contributed by atoms with van der Waals surface area (Å²) in [5.74, 6) is 2.05. The molecule has 5 nitrogen and oxygen atoms in total. The van der Waals surface area contributed by atoms with E-state index in [9.17, 15) is 0 Å². The summed E-state index contributed by atoms with van der Waals surface area (Å²) in [6, 6.07) is 3.33. The number of hydrogen-bond acceptors (Lipinski definition) is 5. The van der Waals surface area contributed by atoms with Gasteiger partial charge in [-0.05, 0) is 44.6 Å². The number of nitrogens with two attached hydrogens (primary N) is 1. The minimum Gasteiger partial charge on any atom is -0.356 e. The van der Waals surface area contributed by atoms with Crippen LogP contribution in [0, 0.1) is 0 Å². The van der Waals surface area contributed by atoms with Crippen molar-refractivity contribution in [1.29, 1.82) is 0 Å². The molecule has 2 N–H and O–H groups in total. The van der Waals surface area contributed by atoms with Gasteiger partial charge in [0.15, 0.2) is 0 Å². The van der Waals surface area contributed by atoms with E-state index in [2.05, 4.69) is 15.9 Å². The van der Waals surface area contributed by atoms with Crippen molar-refractivity contribution in [2.45, 2.75) is 102 Å². The zero-order valence-corrected chi connectivity index (χ0v) is 16.9. The summed E-state index contributed by atoms with van der Waals surface area (Å²) < 4.78 is 0. The molecule has 0 bridgehead atoms. The molecule has 4 rings (SSSR count). The van der Waals surface area contributed by atoms with Gasteiger partial charge in [-0.3, -0.25) is 0 Å². The molecule has 150 valence electrons. The summed E-state index contributed by atoms with van der Waals surface area (Å²) in [5, 5.41) is 0. The molecule has 3 aliphatic rings. The van der Waals surface area contributed by atoms with Gasteiger partial charge in [-0.15, -0.1) is 0 Å². The van der Waals surface area contributed by atoms with E-state index in [1.807, 2.05) is 6.20 Å². The van der Waals surface area contributed by atoms with Gasteiger partial charge in [-0.25, -0.2) is 4.98 Å². The molecule has 2 atom stereocenters. The molecule has 1 aliphatic heterocycles. The summed E-state index contributed by atoms with van der Waals surface area (Å²) in [6.45, 7) is 2.26. The van der Waals surface area contributed by atoms with Crippen LogP contribution in [0.25, 0.3) is 0 Å². The van der Waals surface area contributed by atoms with Crippen molar-refractivity contribution in [3.63, 3.8) is 0 Å². The molecule has 0 radical (unpaired) electrons. The fraction of sp³-hybridized carbons (Fsp3) is 0.818. The van der Waals surface area contributed by atoms with E-state index >= 15 is 0 Å². The summed E-state index contributed by atoms with van der Waals surface area (Å²) in [5.41, 5.74) is 6.62. The third-order valence-electron chi connectivity index (χ3n) is 6.90. The first-order chi connectivity index (χ1) is 13.3. The van der Waals surface area contributed by atoms with Crippen molar-refractivity contribution in [1.82, 2.24) is 9.97 Å². The Labute approximate surface area is 164 Å². The van der Waals surface area contributed by atoms with Crippen LogP contribution >= 0.6 is 0 Å². The van der Waals surface area contributed by atoms with Crippen LogP contribution in [0.3, 0.4) is 0 Å². The largest absolute Gasteiger partial charge is 0.356 e. The Kier molecular flexibility index (Phi) is 6.48. The van der Waals surface area contributed by atoms with E-state index in [1.54, 1.807) is 0 Å². The van der Waals surface area contributed by atoms with E-state index in [1.165, 1.54) is 77.0 Å². The molecule has 27 heavy (non-hydrogen) atoms. The first-order valence-corrected chi connectivity index (χ1v) is 11.4. The highest BCUT2D eigenvalue weighted by atomic mass is 15.3. The maximum absolute atomic E-state index is 6.62. The van der Waals surface area contributed by atoms with Crippen molar-refractivity contribution in [2.24, 2.45) is 5.73 Å². The van der Waals surface area contributed by atoms with Gasteiger partial charge in [0.05, 0.1) is 0 Å². The summed E-state index contributed by atoms with van der Waals surface area (Å²) in [6.07, 6.45) is 18.7. The van der Waals surface area contributed by atoms with Crippen molar-refractivity contribution in [3.05, 3.63) is 12.3 Å². The maximum atomic E-state index is 6.62. The Hall–Kier alpha value is -1.36. The second-order valence-electron chi connectivity index (χ2n) is 8.83. The molecule has 0 spiro atoms. The zero-order valence-electron chi connectivity index (χ0n) is 16.9. The van der Waals surface area contributed by atoms with E-state index in [0.29, 0.717) is 12.1 Å². The van der Waals surface area contributed by atoms with Crippen LogP contribution < -0.4 is 15.5 Å². The predicted octanol–water partition coefficient (Wildman–Crippen LogP) is 4.27. The van der Waals surface area contributed by atoms with Crippen LogP contribution in [0.5, 0.6) is 0 Å². The van der Waals surface area contributed by atoms with Crippen LogP contribution in [-0.2, 0) is 0 Å². The Morgan fingerprint density at radius 3 is 2.26 bits per heavy atom. The molecule has 0 amide bonds. The SMILES string of the molecule is NC1CCCCC1N(c1nccc(N2CCCCCC2)n1)C1CCCCC1. The predicted molar refractivity (Wildman–Crippen MR) is 112 cm³/mol. The maximum Gasteiger partial charge on any atom is 0.227 e. The molecule has 2 saturated carbocycles. The fourth-order valence-corrected chi connectivity index (χ4v) is 5.37. The van der Waals surface area contributed by atoms with Gasteiger partial charge in [-0.2, -0.15) is 4.98 Å². The summed E-state index contributed by atoms with van der Waals surface area (Å²) >= 11 is 0. The minimum atomic E-state index is 0.256. The second-order valence-corrected chi connectivity index (χ2v) is 8.83. The van der Waals surface area contributed by atoms with Gasteiger partial charge in [0, 0.05) is 37.4 Å². The summed E-state index contributed by atoms with van der Waals surface area (Å²) in [4.78, 5) is 14.9. The van der Waals surface area contributed by atoms with Crippen molar-refractivity contribution < 1.29 is 0 Å². The van der Waals surface area contributed by atoms with Crippen molar-refractivity contribution in [2.75, 3.05) is 22.9 Å². The molecule has 2 unspecified atom stereocenters. The Balaban J connectivity index is 1.61. The average molecular weight is 372 g/mol. The van der Waals surface area contributed by atoms with Crippen LogP contribution in [-0.4, -0.2) is 41.2 Å². The zero-order chi connectivity index (χ0) is 18.5. The van der Waals surface area contributed by atoms with Gasteiger partial charge in [0.1, 0.15) is 5.82 Å². The number of anilines is 2. The lowest BCUT2D eigenvalue weighted by Gasteiger charge is -2.44. The Morgan fingerprint density at radius 2 is 1.52 bits per heavy atom. The van der Waals surface area contributed by atoms with Crippen molar-refractivity contribution >= 4 is 11.8 Å². The number of rotatable bonds is 4. The molecule has 2 heterocycles. The van der Waals surface area contributed by atoms with Gasteiger partial charge in [0.25, 0.3) is 0 Å². The molecule has 2 aliphatic carbocycles. The van der Waals surface area contributed by atoms with Crippen LogP contribution in [0.15, 0.2) is 12.3 Å². The monoisotopic (exact) mass is 371 g/mol. The molecule has 3 fully saturated rings. The highest BCUT2D eigenvalue weighted by Gasteiger charge is 2.34. The number of nitrogens with zero attached hydrogens (tertiary/aromatic N) is 4. The van der Waals surface area contributed by atoms with Crippen LogP contribution in [0.4, 0.5) is 11.8 Å². The minimum absolute atomic E-state index is 0.256. The third-order valence-corrected chi connectivity index (χ3v) is 6.90. The van der Waals surface area contributed by atoms with E-state index in [0.717, 1.165) is 31.3 Å². The first kappa shape index (κ1) is 19.0. The van der Waals surface area contributed by atoms with E-state index in [-0.39, 0.29) is 6.04 Å². The highest BCUT2D eigenvalue weighted by Crippen LogP contribution is 2.33. The molecular weight excluding hydrogens is 334 g/mol. The average Bonchev–Trinajstić information content (AvgIpc) is 3.00. The van der Waals surface area contributed by atoms with Crippen LogP contribution in [0.2, 0.25) is 0 Å². The first-order valence-electron chi connectivity index (χ1n) is 11.4. The molecule has 5 heteroatoms. The van der Waals surface area contributed by atoms with Crippen molar-refractivity contribution in [3.8, 4) is 0 Å². The van der Waals surface area contributed by atoms with E-state index < -0.39 is 0 Å². The molecular formula is C22H37N5. The lowest BCUT2D eigenvalue weighted by molar-refractivity contribution is 0.308. The molecule has 0 aromatic carbocycles. The second kappa shape index (κ2) is 9.22. The fourth-order valence-electron chi connectivity index (χ4n) is 5.37. The third kappa shape index (κ3) is 4.56. The number of hydrogen-bond donors (Lipinski definition) is 1. The Morgan fingerprint density at radius 1 is 0.852 bits per heavy atom. The van der Waals surface area contributed by atoms with E-state index in [4.69, 9.17) is 15.7 Å². The lowest BCUT2D eigenvalue weighted by atomic mass is 9.86. The normalized spacial score (nSPS) is 28.0. The topological polar surface area (TPSA) is 58.3 Å². The molecule has 1 aromatic heterocycles. The van der Waals surface area contributed by atoms with Gasteiger partial charge < -0.3 is 15.5 Å². The van der Waals surface area contributed by atoms with Gasteiger partial charge in [0.2, 0.25) is 5.95 Å².